The molecule has 1 saturated carbocycles. The fourth-order valence-electron chi connectivity index (χ4n) is 2.96. The Bertz CT molecular complexity index is 1230. The second-order valence-corrected chi connectivity index (χ2v) is 7.83. The Kier molecular flexibility index (Phi) is 5.26. The summed E-state index contributed by atoms with van der Waals surface area (Å²) in [5.74, 6) is -0.312. The fourth-order valence-corrected chi connectivity index (χ4v) is 3.68. The van der Waals surface area contributed by atoms with E-state index in [0.717, 1.165) is 18.5 Å². The Morgan fingerprint density at radius 1 is 1.38 bits per heavy atom. The molecule has 3 heterocycles. The molecule has 1 fully saturated rings. The lowest BCUT2D eigenvalue weighted by molar-refractivity contribution is 0.0466. The summed E-state index contributed by atoms with van der Waals surface area (Å²) < 4.78 is 6.69. The van der Waals surface area contributed by atoms with E-state index in [9.17, 15) is 14.9 Å². The average Bonchev–Trinajstić information content (AvgIpc) is 3.57. The minimum atomic E-state index is -0.640. The van der Waals surface area contributed by atoms with Crippen LogP contribution in [-0.2, 0) is 11.3 Å². The quantitative estimate of drug-likeness (QED) is 0.454. The molecule has 0 amide bonds. The first-order valence-corrected chi connectivity index (χ1v) is 10.4. The summed E-state index contributed by atoms with van der Waals surface area (Å²) in [6.07, 6.45) is 5.33. The van der Waals surface area contributed by atoms with Gasteiger partial charge >= 0.3 is 5.97 Å². The zero-order chi connectivity index (χ0) is 20.5. The van der Waals surface area contributed by atoms with Crippen molar-refractivity contribution < 1.29 is 9.53 Å². The number of pyridine rings is 2. The van der Waals surface area contributed by atoms with Gasteiger partial charge in [0.2, 0.25) is 0 Å². The molecule has 1 aliphatic carbocycles. The number of aromatic nitrogens is 3. The number of fused-ring (bicyclic) bond motifs is 1. The third-order valence-electron chi connectivity index (χ3n) is 4.55. The monoisotopic (exact) mass is 426 g/mol. The summed E-state index contributed by atoms with van der Waals surface area (Å²) in [7, 11) is 0. The molecule has 0 unspecified atom stereocenters. The van der Waals surface area contributed by atoms with Gasteiger partial charge in [-0.2, -0.15) is 5.26 Å². The van der Waals surface area contributed by atoms with Crippen molar-refractivity contribution in [3.8, 4) is 6.07 Å². The van der Waals surface area contributed by atoms with Crippen LogP contribution in [0.1, 0.15) is 46.1 Å². The van der Waals surface area contributed by atoms with E-state index in [4.69, 9.17) is 16.3 Å². The Labute approximate surface area is 175 Å². The molecule has 0 atom stereocenters. The van der Waals surface area contributed by atoms with Crippen molar-refractivity contribution in [2.75, 3.05) is 6.26 Å². The van der Waals surface area contributed by atoms with Crippen LogP contribution in [0.4, 0.5) is 0 Å². The molecule has 0 bridgehead atoms. The molecule has 0 spiro atoms. The summed E-state index contributed by atoms with van der Waals surface area (Å²) in [6.45, 7) is -0.187. The molecule has 3 aromatic rings. The molecule has 9 heteroatoms. The summed E-state index contributed by atoms with van der Waals surface area (Å²) in [6, 6.07) is 8.22. The molecule has 0 saturated heterocycles. The van der Waals surface area contributed by atoms with Crippen LogP contribution in [0.3, 0.4) is 0 Å². The van der Waals surface area contributed by atoms with E-state index in [-0.39, 0.29) is 23.3 Å². The minimum absolute atomic E-state index is 0.187. The second kappa shape index (κ2) is 7.85. The lowest BCUT2D eigenvalue weighted by Gasteiger charge is -2.10. The van der Waals surface area contributed by atoms with E-state index in [1.54, 1.807) is 18.2 Å². The van der Waals surface area contributed by atoms with Crippen LogP contribution in [0.15, 0.2) is 40.3 Å². The van der Waals surface area contributed by atoms with Crippen LogP contribution in [0, 0.1) is 11.3 Å². The zero-order valence-electron chi connectivity index (χ0n) is 15.4. The zero-order valence-corrected chi connectivity index (χ0v) is 17.0. The highest BCUT2D eigenvalue weighted by molar-refractivity contribution is 7.98. The number of nitriles is 1. The van der Waals surface area contributed by atoms with Gasteiger partial charge < -0.3 is 4.74 Å². The number of carbonyl (C=O) groups is 1. The summed E-state index contributed by atoms with van der Waals surface area (Å²) >= 11 is 7.22. The van der Waals surface area contributed by atoms with Crippen molar-refractivity contribution in [2.24, 2.45) is 0 Å². The Morgan fingerprint density at radius 3 is 2.86 bits per heavy atom. The van der Waals surface area contributed by atoms with Crippen molar-refractivity contribution in [2.45, 2.75) is 30.4 Å². The van der Waals surface area contributed by atoms with E-state index in [0.29, 0.717) is 27.3 Å². The molecule has 7 nitrogen and oxygen atoms in total. The largest absolute Gasteiger partial charge is 0.456 e. The number of rotatable bonds is 5. The van der Waals surface area contributed by atoms with E-state index in [1.165, 1.54) is 28.4 Å². The van der Waals surface area contributed by atoms with Crippen LogP contribution in [0.2, 0.25) is 5.02 Å². The highest BCUT2D eigenvalue weighted by atomic mass is 35.5. The molecule has 146 valence electrons. The Hall–Kier alpha value is -2.89. The van der Waals surface area contributed by atoms with Crippen molar-refractivity contribution in [3.05, 3.63) is 68.4 Å². The van der Waals surface area contributed by atoms with Crippen LogP contribution in [0.5, 0.6) is 0 Å². The van der Waals surface area contributed by atoms with Crippen LogP contribution in [-0.4, -0.2) is 26.6 Å². The molecule has 0 N–H and O–H groups in total. The number of carbonyl (C=O) groups excluding carboxylic acids is 1. The molecule has 0 aromatic carbocycles. The van der Waals surface area contributed by atoms with E-state index < -0.39 is 5.97 Å². The number of hydrogen-bond acceptors (Lipinski definition) is 7. The third-order valence-corrected chi connectivity index (χ3v) is 5.46. The summed E-state index contributed by atoms with van der Waals surface area (Å²) in [5, 5.41) is 10.4. The van der Waals surface area contributed by atoms with Crippen molar-refractivity contribution in [3.63, 3.8) is 0 Å². The Morgan fingerprint density at radius 2 is 2.17 bits per heavy atom. The lowest BCUT2D eigenvalue weighted by Crippen LogP contribution is -2.17. The van der Waals surface area contributed by atoms with Gasteiger partial charge in [-0.05, 0) is 37.3 Å². The third kappa shape index (κ3) is 3.97. The van der Waals surface area contributed by atoms with Crippen molar-refractivity contribution in [1.82, 2.24) is 14.4 Å². The van der Waals surface area contributed by atoms with Gasteiger partial charge in [0.05, 0.1) is 21.8 Å². The van der Waals surface area contributed by atoms with Gasteiger partial charge in [0.25, 0.3) is 5.56 Å². The highest BCUT2D eigenvalue weighted by Crippen LogP contribution is 2.40. The first-order chi connectivity index (χ1) is 14.0. The molecular weight excluding hydrogens is 412 g/mol. The first kappa shape index (κ1) is 19.4. The molecule has 3 aromatic heterocycles. The van der Waals surface area contributed by atoms with Crippen LogP contribution < -0.4 is 5.56 Å². The maximum absolute atomic E-state index is 12.7. The maximum atomic E-state index is 12.7. The average molecular weight is 427 g/mol. The standard InChI is InChI=1S/C20H15ClN4O3S/c1-29-19-15(8-22)14(7-16(24-19)11-2-3-11)20(27)28-10-13-6-18(26)25-9-12(21)4-5-17(25)23-13/h4-7,9,11H,2-3,10H2,1H3. The van der Waals surface area contributed by atoms with Crippen LogP contribution in [0.25, 0.3) is 5.65 Å². The van der Waals surface area contributed by atoms with Gasteiger partial charge in [-0.25, -0.2) is 14.8 Å². The maximum Gasteiger partial charge on any atom is 0.340 e. The van der Waals surface area contributed by atoms with Gasteiger partial charge in [-0.15, -0.1) is 11.8 Å². The van der Waals surface area contributed by atoms with Crippen molar-refractivity contribution >= 4 is 35.0 Å². The topological polar surface area (TPSA) is 97.3 Å². The normalized spacial score (nSPS) is 13.3. The van der Waals surface area contributed by atoms with Crippen molar-refractivity contribution in [1.29, 1.82) is 5.26 Å². The first-order valence-electron chi connectivity index (χ1n) is 8.84. The predicted octanol–water partition coefficient (Wildman–Crippen LogP) is 3.57. The molecule has 1 aliphatic rings. The van der Waals surface area contributed by atoms with E-state index in [2.05, 4.69) is 16.0 Å². The predicted molar refractivity (Wildman–Crippen MR) is 108 cm³/mol. The number of ether oxygens (including phenoxy) is 1. The van der Waals surface area contributed by atoms with Gasteiger partial charge in [0, 0.05) is 23.9 Å². The van der Waals surface area contributed by atoms with E-state index in [1.807, 2.05) is 6.26 Å². The fraction of sp³-hybridized carbons (Fsp3) is 0.250. The number of thioether (sulfide) groups is 1. The number of nitrogens with zero attached hydrogens (tertiary/aromatic N) is 4. The molecule has 4 rings (SSSR count). The number of halogens is 1. The molecule has 29 heavy (non-hydrogen) atoms. The van der Waals surface area contributed by atoms with E-state index >= 15 is 0 Å². The lowest BCUT2D eigenvalue weighted by atomic mass is 10.1. The van der Waals surface area contributed by atoms with Gasteiger partial charge in [0.15, 0.2) is 0 Å². The van der Waals surface area contributed by atoms with Gasteiger partial charge in [0.1, 0.15) is 23.3 Å². The van der Waals surface area contributed by atoms with Gasteiger partial charge in [-0.1, -0.05) is 11.6 Å². The molecule has 0 radical (unpaired) electrons. The summed E-state index contributed by atoms with van der Waals surface area (Å²) in [5.41, 5.74) is 1.58. The number of esters is 1. The minimum Gasteiger partial charge on any atom is -0.456 e. The van der Waals surface area contributed by atoms with Crippen LogP contribution >= 0.6 is 23.4 Å². The SMILES string of the molecule is CSc1nc(C2CC2)cc(C(=O)OCc2cc(=O)n3cc(Cl)ccc3n2)c1C#N. The number of hydrogen-bond donors (Lipinski definition) is 0. The highest BCUT2D eigenvalue weighted by Gasteiger charge is 2.29. The van der Waals surface area contributed by atoms with Gasteiger partial charge in [-0.3, -0.25) is 9.20 Å². The smallest absolute Gasteiger partial charge is 0.340 e. The summed E-state index contributed by atoms with van der Waals surface area (Å²) in [4.78, 5) is 33.8. The second-order valence-electron chi connectivity index (χ2n) is 6.60. The Balaban J connectivity index is 1.61. The molecule has 0 aliphatic heterocycles. The molecular formula is C20H15ClN4O3S.